The van der Waals surface area contributed by atoms with Gasteiger partial charge in [0.15, 0.2) is 0 Å². The van der Waals surface area contributed by atoms with Crippen molar-refractivity contribution in [1.82, 2.24) is 20.9 Å². The number of benzene rings is 2. The molecule has 2 aromatic rings. The van der Waals surface area contributed by atoms with E-state index in [4.69, 9.17) is 14.9 Å². The van der Waals surface area contributed by atoms with E-state index in [2.05, 4.69) is 16.0 Å². The van der Waals surface area contributed by atoms with Crippen LogP contribution in [-0.2, 0) is 14.4 Å². The maximum atomic E-state index is 13.4. The summed E-state index contributed by atoms with van der Waals surface area (Å²) in [6.07, 6.45) is 4.54. The van der Waals surface area contributed by atoms with Crippen LogP contribution in [0.2, 0.25) is 0 Å². The van der Waals surface area contributed by atoms with E-state index >= 15 is 0 Å². The van der Waals surface area contributed by atoms with Gasteiger partial charge in [-0.2, -0.15) is 0 Å². The van der Waals surface area contributed by atoms with E-state index in [0.29, 0.717) is 25.4 Å². The molecule has 10 nitrogen and oxygen atoms in total. The number of ether oxygens (including phenoxy) is 1. The highest BCUT2D eigenvalue weighted by atomic mass is 16.5. The second kappa shape index (κ2) is 20.1. The number of phenolic OH excluding ortho intramolecular Hbond substituents is 1. The number of amides is 3. The second-order valence-corrected chi connectivity index (χ2v) is 10.6. The van der Waals surface area contributed by atoms with Crippen molar-refractivity contribution in [3.05, 3.63) is 65.7 Å². The molecule has 0 spiro atoms. The third kappa shape index (κ3) is 12.9. The van der Waals surface area contributed by atoms with Crippen LogP contribution in [-0.4, -0.2) is 85.3 Å². The van der Waals surface area contributed by atoms with E-state index in [0.717, 1.165) is 24.8 Å². The van der Waals surface area contributed by atoms with Crippen molar-refractivity contribution in [2.75, 3.05) is 40.4 Å². The lowest BCUT2D eigenvalue weighted by molar-refractivity contribution is -0.143. The van der Waals surface area contributed by atoms with Gasteiger partial charge in [0.1, 0.15) is 24.1 Å². The van der Waals surface area contributed by atoms with Gasteiger partial charge in [-0.1, -0.05) is 82.2 Å². The van der Waals surface area contributed by atoms with Crippen LogP contribution in [0.3, 0.4) is 0 Å². The van der Waals surface area contributed by atoms with Crippen molar-refractivity contribution >= 4 is 23.8 Å². The minimum atomic E-state index is -0.680. The minimum absolute atomic E-state index is 0.0717. The first-order chi connectivity index (χ1) is 20.5. The monoisotopic (exact) mass is 598 g/mol. The van der Waals surface area contributed by atoms with Gasteiger partial charge in [0.05, 0.1) is 12.6 Å². The zero-order chi connectivity index (χ0) is 32.4. The molecule has 0 saturated heterocycles. The molecule has 0 aliphatic carbocycles. The van der Waals surface area contributed by atoms with E-state index < -0.39 is 12.1 Å². The lowest BCUT2D eigenvalue weighted by atomic mass is 9.95. The largest absolute Gasteiger partial charge is 0.508 e. The summed E-state index contributed by atoms with van der Waals surface area (Å²) in [6, 6.07) is 13.6. The summed E-state index contributed by atoms with van der Waals surface area (Å²) in [5, 5.41) is 24.5. The standard InChI is InChI=1S/C25H38N4O4.C7H8O.CH4O/c1-6-18(4)22-25(32)29(5)23(17(2)3)24(31)28-16-21(30)26-13-9-11-19-10-7-8-12-20(19)33-15-14-27-22;1-6-2-4-7(8)5-3-6;1-2/h7-12,17-18,22-23,27H,6,13-16H2,1-5H3,(H,26,30)(H,28,31);2-5,8H,1H3;2H,1H3/b11-9+;;. The first-order valence-corrected chi connectivity index (χ1v) is 14.7. The molecule has 3 rings (SSSR count). The summed E-state index contributed by atoms with van der Waals surface area (Å²) in [5.41, 5.74) is 2.07. The van der Waals surface area contributed by atoms with Crippen LogP contribution in [0.1, 0.15) is 45.2 Å². The number of aryl methyl sites for hydroxylation is 1. The zero-order valence-corrected chi connectivity index (χ0v) is 26.6. The molecule has 5 N–H and O–H groups in total. The quantitative estimate of drug-likeness (QED) is 0.366. The van der Waals surface area contributed by atoms with E-state index in [-0.39, 0.29) is 36.1 Å². The third-order valence-corrected chi connectivity index (χ3v) is 6.96. The van der Waals surface area contributed by atoms with Gasteiger partial charge >= 0.3 is 0 Å². The number of fused-ring (bicyclic) bond motifs is 1. The summed E-state index contributed by atoms with van der Waals surface area (Å²) in [7, 11) is 2.65. The van der Waals surface area contributed by atoms with Crippen LogP contribution in [0.25, 0.3) is 6.08 Å². The van der Waals surface area contributed by atoms with Crippen molar-refractivity contribution in [2.45, 2.75) is 53.1 Å². The zero-order valence-electron chi connectivity index (χ0n) is 26.6. The number of hydrogen-bond acceptors (Lipinski definition) is 7. The van der Waals surface area contributed by atoms with E-state index in [9.17, 15) is 14.4 Å². The highest BCUT2D eigenvalue weighted by Gasteiger charge is 2.35. The molecule has 1 aliphatic heterocycles. The summed E-state index contributed by atoms with van der Waals surface area (Å²) in [5.74, 6) is 0.235. The van der Waals surface area contributed by atoms with Gasteiger partial charge in [0.2, 0.25) is 17.7 Å². The average molecular weight is 599 g/mol. The molecule has 43 heavy (non-hydrogen) atoms. The minimum Gasteiger partial charge on any atom is -0.508 e. The van der Waals surface area contributed by atoms with Crippen LogP contribution >= 0.6 is 0 Å². The second-order valence-electron chi connectivity index (χ2n) is 10.6. The van der Waals surface area contributed by atoms with Crippen molar-refractivity contribution in [2.24, 2.45) is 11.8 Å². The summed E-state index contributed by atoms with van der Waals surface area (Å²) >= 11 is 0. The van der Waals surface area contributed by atoms with Gasteiger partial charge in [0.25, 0.3) is 0 Å². The molecule has 0 bridgehead atoms. The molecule has 0 aromatic heterocycles. The molecule has 0 saturated carbocycles. The first-order valence-electron chi connectivity index (χ1n) is 14.7. The van der Waals surface area contributed by atoms with Crippen molar-refractivity contribution in [3.63, 3.8) is 0 Å². The number of rotatable bonds is 3. The Labute approximate surface area is 256 Å². The number of para-hydroxylation sites is 1. The molecular formula is C33H50N4O6. The van der Waals surface area contributed by atoms with Crippen molar-refractivity contribution < 1.29 is 29.3 Å². The predicted octanol–water partition coefficient (Wildman–Crippen LogP) is 3.12. The predicted molar refractivity (Wildman–Crippen MR) is 171 cm³/mol. The molecule has 0 fully saturated rings. The van der Waals surface area contributed by atoms with Crippen LogP contribution in [0.5, 0.6) is 11.5 Å². The van der Waals surface area contributed by atoms with Gasteiger partial charge in [0, 0.05) is 32.8 Å². The summed E-state index contributed by atoms with van der Waals surface area (Å²) in [6.45, 7) is 10.9. The Bertz CT molecular complexity index is 1130. The highest BCUT2D eigenvalue weighted by molar-refractivity contribution is 5.92. The number of aliphatic hydroxyl groups is 1. The van der Waals surface area contributed by atoms with E-state index in [1.54, 1.807) is 19.2 Å². The van der Waals surface area contributed by atoms with Crippen LogP contribution in [0.15, 0.2) is 54.6 Å². The number of hydrogen-bond donors (Lipinski definition) is 5. The Morgan fingerprint density at radius 3 is 2.26 bits per heavy atom. The molecule has 3 amide bonds. The van der Waals surface area contributed by atoms with Crippen LogP contribution in [0, 0.1) is 18.8 Å². The van der Waals surface area contributed by atoms with Gasteiger partial charge < -0.3 is 35.8 Å². The maximum absolute atomic E-state index is 13.4. The Morgan fingerprint density at radius 2 is 1.65 bits per heavy atom. The number of carbonyl (C=O) groups is 3. The Kier molecular flexibility index (Phi) is 17.4. The first kappa shape index (κ1) is 37.1. The summed E-state index contributed by atoms with van der Waals surface area (Å²) in [4.78, 5) is 40.0. The SMILES string of the molecule is CCC(C)C1NCCOc2ccccc2/C=C/CNC(=O)CNC(=O)C(C(C)C)N(C)C1=O.CO.Cc1ccc(O)cc1. The number of nitrogens with one attached hydrogen (secondary N) is 3. The van der Waals surface area contributed by atoms with Crippen molar-refractivity contribution in [3.8, 4) is 11.5 Å². The summed E-state index contributed by atoms with van der Waals surface area (Å²) < 4.78 is 5.96. The molecule has 10 heteroatoms. The Hall–Kier alpha value is -3.89. The lowest BCUT2D eigenvalue weighted by Gasteiger charge is -2.34. The Morgan fingerprint density at radius 1 is 1.00 bits per heavy atom. The molecule has 238 valence electrons. The van der Waals surface area contributed by atoms with Crippen LogP contribution < -0.4 is 20.7 Å². The molecule has 0 radical (unpaired) electrons. The average Bonchev–Trinajstić information content (AvgIpc) is 3.00. The molecule has 1 heterocycles. The topological polar surface area (TPSA) is 140 Å². The smallest absolute Gasteiger partial charge is 0.243 e. The fourth-order valence-corrected chi connectivity index (χ4v) is 4.41. The number of likely N-dealkylation sites (N-methyl/N-ethyl adjacent to an activating group) is 1. The number of aliphatic hydroxyl groups excluding tert-OH is 1. The van der Waals surface area contributed by atoms with Gasteiger partial charge in [-0.15, -0.1) is 0 Å². The lowest BCUT2D eigenvalue weighted by Crippen LogP contribution is -2.57. The van der Waals surface area contributed by atoms with Crippen molar-refractivity contribution in [1.29, 1.82) is 0 Å². The highest BCUT2D eigenvalue weighted by Crippen LogP contribution is 2.20. The molecule has 2 aromatic carbocycles. The normalized spacial score (nSPS) is 19.8. The fraction of sp³-hybridized carbons (Fsp3) is 0.485. The number of nitrogens with zero attached hydrogens (tertiary/aromatic N) is 1. The van der Waals surface area contributed by atoms with Gasteiger partial charge in [-0.25, -0.2) is 0 Å². The molecular weight excluding hydrogens is 548 g/mol. The third-order valence-electron chi connectivity index (χ3n) is 6.96. The number of carbonyl (C=O) groups excluding carboxylic acids is 3. The number of phenols is 1. The van der Waals surface area contributed by atoms with E-state index in [1.807, 2.05) is 83.2 Å². The Balaban J connectivity index is 0.000000785. The molecule has 3 atom stereocenters. The van der Waals surface area contributed by atoms with Gasteiger partial charge in [-0.05, 0) is 37.0 Å². The number of aromatic hydroxyl groups is 1. The van der Waals surface area contributed by atoms with Gasteiger partial charge in [-0.3, -0.25) is 14.4 Å². The van der Waals surface area contributed by atoms with E-state index in [1.165, 1.54) is 10.5 Å². The fourth-order valence-electron chi connectivity index (χ4n) is 4.41. The maximum Gasteiger partial charge on any atom is 0.243 e. The van der Waals surface area contributed by atoms with Crippen LogP contribution in [0.4, 0.5) is 0 Å². The molecule has 1 aliphatic rings. The molecule has 3 unspecified atom stereocenters.